The maximum atomic E-state index is 13.6. The molecule has 0 aromatic carbocycles. The highest BCUT2D eigenvalue weighted by molar-refractivity contribution is 6.41. The van der Waals surface area contributed by atoms with Crippen molar-refractivity contribution >= 4 is 35.6 Å². The monoisotopic (exact) mass is 301 g/mol. The minimum Gasteiger partial charge on any atom is -0.314 e. The minimum absolute atomic E-state index is 0. The number of nitrogens with zero attached hydrogens (tertiary/aromatic N) is 2. The highest BCUT2D eigenvalue weighted by atomic mass is 35.5. The lowest BCUT2D eigenvalue weighted by molar-refractivity contribution is 0.168. The predicted molar refractivity (Wildman–Crippen MR) is 67.2 cm³/mol. The molecule has 0 bridgehead atoms. The number of nitrogens with one attached hydrogen (secondary N) is 1. The number of hydrogen-bond donors (Lipinski definition) is 1. The highest BCUT2D eigenvalue weighted by Crippen LogP contribution is 2.21. The van der Waals surface area contributed by atoms with E-state index in [9.17, 15) is 9.18 Å². The van der Waals surface area contributed by atoms with Crippen LogP contribution in [-0.4, -0.2) is 29.0 Å². The van der Waals surface area contributed by atoms with Gasteiger partial charge in [-0.1, -0.05) is 23.2 Å². The van der Waals surface area contributed by atoms with Crippen molar-refractivity contribution in [3.63, 3.8) is 0 Å². The smallest absolute Gasteiger partial charge is 0.287 e. The Labute approximate surface area is 114 Å². The van der Waals surface area contributed by atoms with Crippen molar-refractivity contribution < 1.29 is 4.39 Å². The van der Waals surface area contributed by atoms with Crippen molar-refractivity contribution in [2.75, 3.05) is 13.1 Å². The first kappa shape index (κ1) is 14.7. The van der Waals surface area contributed by atoms with Gasteiger partial charge in [-0.2, -0.15) is 5.10 Å². The summed E-state index contributed by atoms with van der Waals surface area (Å²) in [6.45, 7) is 0.873. The van der Waals surface area contributed by atoms with Gasteiger partial charge in [0.05, 0.1) is 17.3 Å². The second-order valence-corrected chi connectivity index (χ2v) is 4.42. The molecule has 2 unspecified atom stereocenters. The Morgan fingerprint density at radius 2 is 2.24 bits per heavy atom. The van der Waals surface area contributed by atoms with Crippen LogP contribution in [0.5, 0.6) is 0 Å². The molecule has 8 heteroatoms. The van der Waals surface area contributed by atoms with Gasteiger partial charge in [0.2, 0.25) is 0 Å². The highest BCUT2D eigenvalue weighted by Gasteiger charge is 2.28. The maximum absolute atomic E-state index is 13.6. The zero-order valence-electron chi connectivity index (χ0n) is 8.70. The number of rotatable bonds is 1. The summed E-state index contributed by atoms with van der Waals surface area (Å²) in [7, 11) is 0. The zero-order valence-corrected chi connectivity index (χ0v) is 11.0. The Hall–Kier alpha value is -0.360. The van der Waals surface area contributed by atoms with E-state index in [0.717, 1.165) is 4.68 Å². The van der Waals surface area contributed by atoms with Crippen LogP contribution in [-0.2, 0) is 0 Å². The van der Waals surface area contributed by atoms with E-state index in [2.05, 4.69) is 10.4 Å². The summed E-state index contributed by atoms with van der Waals surface area (Å²) >= 11 is 11.4. The summed E-state index contributed by atoms with van der Waals surface area (Å²) in [6.07, 6.45) is 0.628. The van der Waals surface area contributed by atoms with Crippen molar-refractivity contribution in [2.45, 2.75) is 18.6 Å². The van der Waals surface area contributed by atoms with Crippen molar-refractivity contribution in [3.05, 3.63) is 26.6 Å². The van der Waals surface area contributed by atoms with Crippen molar-refractivity contribution in [1.82, 2.24) is 15.1 Å². The van der Waals surface area contributed by atoms with Gasteiger partial charge in [0.15, 0.2) is 0 Å². The lowest BCUT2D eigenvalue weighted by Crippen LogP contribution is -2.43. The molecular weight excluding hydrogens is 291 g/mol. The average molecular weight is 303 g/mol. The SMILES string of the molecule is Cl.O=c1c(Cl)c(Cl)cnn1C1CCNCC1F. The molecule has 1 aliphatic rings. The topological polar surface area (TPSA) is 46.9 Å². The summed E-state index contributed by atoms with van der Waals surface area (Å²) < 4.78 is 14.7. The molecule has 1 saturated heterocycles. The van der Waals surface area contributed by atoms with Crippen LogP contribution in [0.3, 0.4) is 0 Å². The molecule has 4 nitrogen and oxygen atoms in total. The predicted octanol–water partition coefficient (Wildman–Crippen LogP) is 1.84. The molecule has 1 aliphatic heterocycles. The first-order chi connectivity index (χ1) is 7.61. The maximum Gasteiger partial charge on any atom is 0.287 e. The Bertz CT molecular complexity index is 454. The fourth-order valence-corrected chi connectivity index (χ4v) is 2.00. The first-order valence-corrected chi connectivity index (χ1v) is 5.64. The normalized spacial score (nSPS) is 24.2. The van der Waals surface area contributed by atoms with Gasteiger partial charge in [0, 0.05) is 6.54 Å². The molecule has 0 aliphatic carbocycles. The Morgan fingerprint density at radius 1 is 1.53 bits per heavy atom. The Balaban J connectivity index is 0.00000144. The molecular formula is C9H11Cl3FN3O. The van der Waals surface area contributed by atoms with Crippen LogP contribution >= 0.6 is 35.6 Å². The number of piperidine rings is 1. The van der Waals surface area contributed by atoms with Gasteiger partial charge in [-0.15, -0.1) is 12.4 Å². The molecule has 1 aromatic rings. The molecule has 0 radical (unpaired) electrons. The number of hydrogen-bond acceptors (Lipinski definition) is 3. The standard InChI is InChI=1S/C9H10Cl2FN3O.ClH/c10-5-3-14-15(9(16)8(5)11)7-1-2-13-4-6(7)12;/h3,6-7,13H,1-2,4H2;1H. The lowest BCUT2D eigenvalue weighted by Gasteiger charge is -2.27. The van der Waals surface area contributed by atoms with Crippen molar-refractivity contribution in [1.29, 1.82) is 0 Å². The molecule has 2 rings (SSSR count). The average Bonchev–Trinajstić information content (AvgIpc) is 2.28. The van der Waals surface area contributed by atoms with E-state index in [4.69, 9.17) is 23.2 Å². The van der Waals surface area contributed by atoms with Crippen LogP contribution < -0.4 is 10.9 Å². The first-order valence-electron chi connectivity index (χ1n) is 4.89. The van der Waals surface area contributed by atoms with Gasteiger partial charge in [-0.25, -0.2) is 9.07 Å². The van der Waals surface area contributed by atoms with Crippen LogP contribution in [0.1, 0.15) is 12.5 Å². The fourth-order valence-electron chi connectivity index (χ4n) is 1.74. The van der Waals surface area contributed by atoms with E-state index in [1.807, 2.05) is 0 Å². The number of aromatic nitrogens is 2. The number of alkyl halides is 1. The third-order valence-electron chi connectivity index (χ3n) is 2.59. The molecule has 0 saturated carbocycles. The van der Waals surface area contributed by atoms with E-state index in [-0.39, 0.29) is 29.0 Å². The summed E-state index contributed by atoms with van der Waals surface area (Å²) in [5, 5.41) is 6.72. The van der Waals surface area contributed by atoms with Gasteiger partial charge < -0.3 is 5.32 Å². The molecule has 1 fully saturated rings. The van der Waals surface area contributed by atoms with E-state index >= 15 is 0 Å². The molecule has 0 spiro atoms. The van der Waals surface area contributed by atoms with Gasteiger partial charge in [-0.05, 0) is 13.0 Å². The van der Waals surface area contributed by atoms with E-state index < -0.39 is 17.8 Å². The second-order valence-electron chi connectivity index (χ2n) is 3.63. The van der Waals surface area contributed by atoms with Crippen LogP contribution in [0, 0.1) is 0 Å². The Kier molecular flexibility index (Phi) is 5.19. The van der Waals surface area contributed by atoms with Gasteiger partial charge in [0.1, 0.15) is 11.2 Å². The molecule has 17 heavy (non-hydrogen) atoms. The largest absolute Gasteiger partial charge is 0.314 e. The molecule has 0 amide bonds. The molecule has 96 valence electrons. The molecule has 1 aromatic heterocycles. The molecule has 2 atom stereocenters. The fraction of sp³-hybridized carbons (Fsp3) is 0.556. The van der Waals surface area contributed by atoms with Gasteiger partial charge in [-0.3, -0.25) is 4.79 Å². The van der Waals surface area contributed by atoms with E-state index in [1.165, 1.54) is 6.20 Å². The third-order valence-corrected chi connectivity index (χ3v) is 3.34. The quantitative estimate of drug-likeness (QED) is 0.861. The van der Waals surface area contributed by atoms with E-state index in [1.54, 1.807) is 0 Å². The van der Waals surface area contributed by atoms with Gasteiger partial charge in [0.25, 0.3) is 5.56 Å². The minimum atomic E-state index is -1.14. The van der Waals surface area contributed by atoms with Crippen LogP contribution in [0.15, 0.2) is 11.0 Å². The van der Waals surface area contributed by atoms with Crippen molar-refractivity contribution in [3.8, 4) is 0 Å². The summed E-state index contributed by atoms with van der Waals surface area (Å²) in [6, 6.07) is -0.566. The summed E-state index contributed by atoms with van der Waals surface area (Å²) in [5.74, 6) is 0. The molecule has 2 heterocycles. The van der Waals surface area contributed by atoms with E-state index in [0.29, 0.717) is 13.0 Å². The zero-order chi connectivity index (χ0) is 11.7. The van der Waals surface area contributed by atoms with Crippen molar-refractivity contribution in [2.24, 2.45) is 0 Å². The third kappa shape index (κ3) is 2.91. The lowest BCUT2D eigenvalue weighted by atomic mass is 10.1. The summed E-state index contributed by atoms with van der Waals surface area (Å²) in [4.78, 5) is 11.7. The van der Waals surface area contributed by atoms with Gasteiger partial charge >= 0.3 is 0 Å². The van der Waals surface area contributed by atoms with Crippen LogP contribution in [0.2, 0.25) is 10.0 Å². The number of halogens is 4. The summed E-state index contributed by atoms with van der Waals surface area (Å²) in [5.41, 5.74) is -0.538. The second kappa shape index (κ2) is 6.00. The Morgan fingerprint density at radius 3 is 2.88 bits per heavy atom. The van der Waals surface area contributed by atoms with Crippen LogP contribution in [0.25, 0.3) is 0 Å². The molecule has 1 N–H and O–H groups in total. The van der Waals surface area contributed by atoms with Crippen LogP contribution in [0.4, 0.5) is 4.39 Å².